The molecule has 196 valence electrons. The van der Waals surface area contributed by atoms with Crippen LogP contribution in [0.2, 0.25) is 5.02 Å². The Hall–Kier alpha value is -3.38. The number of rotatable bonds is 6. The van der Waals surface area contributed by atoms with Gasteiger partial charge in [-0.1, -0.05) is 17.7 Å². The number of likely N-dealkylation sites (tertiary alicyclic amines) is 2. The highest BCUT2D eigenvalue weighted by Gasteiger charge is 2.36. The highest BCUT2D eigenvalue weighted by molar-refractivity contribution is 6.32. The molecular formula is C24H25ClF3N7O2. The fourth-order valence-electron chi connectivity index (χ4n) is 4.48. The van der Waals surface area contributed by atoms with E-state index in [0.717, 1.165) is 31.4 Å². The van der Waals surface area contributed by atoms with E-state index in [-0.39, 0.29) is 23.4 Å². The van der Waals surface area contributed by atoms with Crippen molar-refractivity contribution in [3.63, 3.8) is 0 Å². The summed E-state index contributed by atoms with van der Waals surface area (Å²) in [7, 11) is 0. The molecule has 2 saturated heterocycles. The summed E-state index contributed by atoms with van der Waals surface area (Å²) in [5.41, 5.74) is 0.337. The molecule has 0 unspecified atom stereocenters. The summed E-state index contributed by atoms with van der Waals surface area (Å²) in [4.78, 5) is 26.9. The maximum atomic E-state index is 13.8. The lowest BCUT2D eigenvalue weighted by atomic mass is 10.1. The Balaban J connectivity index is 1.38. The monoisotopic (exact) mass is 535 g/mol. The van der Waals surface area contributed by atoms with Crippen molar-refractivity contribution in [2.45, 2.75) is 38.0 Å². The van der Waals surface area contributed by atoms with Gasteiger partial charge in [0.15, 0.2) is 0 Å². The molecule has 0 radical (unpaired) electrons. The molecule has 2 N–H and O–H groups in total. The third-order valence-electron chi connectivity index (χ3n) is 6.66. The molecule has 0 spiro atoms. The third-order valence-corrected chi connectivity index (χ3v) is 6.97. The Kier molecular flexibility index (Phi) is 6.95. The number of nitrogens with one attached hydrogen (secondary N) is 1. The Bertz CT molecular complexity index is 1290. The number of hydrogen-bond donors (Lipinski definition) is 2. The van der Waals surface area contributed by atoms with Crippen molar-refractivity contribution in [1.82, 2.24) is 29.3 Å². The van der Waals surface area contributed by atoms with Crippen LogP contribution in [-0.2, 0) is 12.7 Å². The van der Waals surface area contributed by atoms with E-state index in [4.69, 9.17) is 16.7 Å². The van der Waals surface area contributed by atoms with Gasteiger partial charge in [-0.15, -0.1) is 0 Å². The summed E-state index contributed by atoms with van der Waals surface area (Å²) in [6.45, 7) is 3.56. The van der Waals surface area contributed by atoms with Crippen LogP contribution in [0.4, 0.5) is 23.9 Å². The topological polar surface area (TPSA) is 99.4 Å². The molecule has 2 aliphatic rings. The van der Waals surface area contributed by atoms with Gasteiger partial charge >= 0.3 is 12.3 Å². The van der Waals surface area contributed by atoms with Crippen LogP contribution in [0.1, 0.15) is 30.4 Å². The van der Waals surface area contributed by atoms with Crippen LogP contribution >= 0.6 is 11.6 Å². The van der Waals surface area contributed by atoms with Crippen molar-refractivity contribution in [2.24, 2.45) is 0 Å². The van der Waals surface area contributed by atoms with Crippen molar-refractivity contribution in [1.29, 1.82) is 0 Å². The van der Waals surface area contributed by atoms with E-state index in [9.17, 15) is 18.0 Å². The van der Waals surface area contributed by atoms with Crippen molar-refractivity contribution < 1.29 is 23.1 Å². The van der Waals surface area contributed by atoms with E-state index in [2.05, 4.69) is 25.2 Å². The molecule has 1 amide bonds. The van der Waals surface area contributed by atoms with Crippen LogP contribution in [0.3, 0.4) is 0 Å². The lowest BCUT2D eigenvalue weighted by molar-refractivity contribution is -0.137. The zero-order chi connectivity index (χ0) is 26.2. The van der Waals surface area contributed by atoms with Gasteiger partial charge in [-0.2, -0.15) is 13.2 Å². The Morgan fingerprint density at radius 1 is 1.16 bits per heavy atom. The highest BCUT2D eigenvalue weighted by Crippen LogP contribution is 2.36. The maximum Gasteiger partial charge on any atom is 0.420 e. The predicted molar refractivity (Wildman–Crippen MR) is 131 cm³/mol. The molecule has 5 rings (SSSR count). The molecule has 1 aromatic carbocycles. The van der Waals surface area contributed by atoms with Gasteiger partial charge in [-0.05, 0) is 50.0 Å². The van der Waals surface area contributed by atoms with Crippen LogP contribution in [0.25, 0.3) is 17.1 Å². The highest BCUT2D eigenvalue weighted by atomic mass is 35.5. The second kappa shape index (κ2) is 10.2. The largest absolute Gasteiger partial charge is 0.465 e. The van der Waals surface area contributed by atoms with Crippen LogP contribution in [0.5, 0.6) is 0 Å². The minimum absolute atomic E-state index is 0.0270. The number of carboxylic acid groups (broad SMARTS) is 1. The number of alkyl halides is 3. The zero-order valence-electron chi connectivity index (χ0n) is 19.7. The van der Waals surface area contributed by atoms with Gasteiger partial charge in [0.25, 0.3) is 0 Å². The molecule has 0 bridgehead atoms. The van der Waals surface area contributed by atoms with Crippen LogP contribution in [0, 0.1) is 0 Å². The number of piperidine rings is 1. The molecule has 0 aliphatic carbocycles. The minimum Gasteiger partial charge on any atom is -0.465 e. The van der Waals surface area contributed by atoms with Crippen LogP contribution in [0.15, 0.2) is 36.9 Å². The molecular weight excluding hydrogens is 511 g/mol. The normalized spacial score (nSPS) is 17.0. The quantitative estimate of drug-likeness (QED) is 0.469. The summed E-state index contributed by atoms with van der Waals surface area (Å²) >= 11 is 6.51. The van der Waals surface area contributed by atoms with Gasteiger partial charge in [0, 0.05) is 38.1 Å². The molecule has 0 atom stereocenters. The predicted octanol–water partition coefficient (Wildman–Crippen LogP) is 4.76. The molecule has 2 fully saturated rings. The number of hydrogen-bond acceptors (Lipinski definition) is 6. The number of aromatic nitrogens is 4. The smallest absolute Gasteiger partial charge is 0.420 e. The first kappa shape index (κ1) is 25.3. The molecule has 9 nitrogen and oxygen atoms in total. The molecule has 3 aromatic rings. The van der Waals surface area contributed by atoms with E-state index in [1.165, 1.54) is 23.8 Å². The summed E-state index contributed by atoms with van der Waals surface area (Å²) in [6, 6.07) is 5.47. The standard InChI is InChI=1S/C24H25ClF3N7O2/c25-18-10-15(12-33-6-1-7-33)2-3-20(18)35-13-19(30-14-35)21-17(24(26,27)28)11-29-22(32-21)31-16-4-8-34(9-5-16)23(36)37/h2-3,10-11,13-14,16H,1,4-9,12H2,(H,36,37)(H,29,31,32). The van der Waals surface area contributed by atoms with Crippen molar-refractivity contribution in [3.8, 4) is 17.1 Å². The van der Waals surface area contributed by atoms with E-state index in [1.54, 1.807) is 4.57 Å². The number of halogens is 4. The van der Waals surface area contributed by atoms with Crippen molar-refractivity contribution in [2.75, 3.05) is 31.5 Å². The fourth-order valence-corrected chi connectivity index (χ4v) is 4.79. The second-order valence-electron chi connectivity index (χ2n) is 9.22. The van der Waals surface area contributed by atoms with E-state index < -0.39 is 17.8 Å². The first-order chi connectivity index (χ1) is 17.7. The second-order valence-corrected chi connectivity index (χ2v) is 9.63. The van der Waals surface area contributed by atoms with E-state index in [0.29, 0.717) is 36.6 Å². The number of amides is 1. The third kappa shape index (κ3) is 5.64. The first-order valence-electron chi connectivity index (χ1n) is 11.9. The average Bonchev–Trinajstić information content (AvgIpc) is 3.31. The van der Waals surface area contributed by atoms with Crippen LogP contribution in [-0.4, -0.2) is 72.7 Å². The Morgan fingerprint density at radius 3 is 2.54 bits per heavy atom. The maximum absolute atomic E-state index is 13.8. The molecule has 2 aromatic heterocycles. The number of benzene rings is 1. The molecule has 13 heteroatoms. The number of anilines is 1. The number of nitrogens with zero attached hydrogens (tertiary/aromatic N) is 6. The minimum atomic E-state index is -4.68. The van der Waals surface area contributed by atoms with Gasteiger partial charge in [0.2, 0.25) is 5.95 Å². The van der Waals surface area contributed by atoms with Crippen LogP contribution < -0.4 is 5.32 Å². The summed E-state index contributed by atoms with van der Waals surface area (Å²) < 4.78 is 43.0. The Morgan fingerprint density at radius 2 is 1.92 bits per heavy atom. The van der Waals surface area contributed by atoms with Crippen molar-refractivity contribution >= 4 is 23.6 Å². The zero-order valence-corrected chi connectivity index (χ0v) is 20.5. The Labute approximate surface area is 215 Å². The van der Waals surface area contributed by atoms with E-state index >= 15 is 0 Å². The summed E-state index contributed by atoms with van der Waals surface area (Å²) in [5, 5.41) is 12.6. The molecule has 2 aliphatic heterocycles. The fraction of sp³-hybridized carbons (Fsp3) is 0.417. The van der Waals surface area contributed by atoms with Gasteiger partial charge < -0.3 is 19.9 Å². The van der Waals surface area contributed by atoms with Gasteiger partial charge in [-0.25, -0.2) is 19.7 Å². The number of imidazole rings is 1. The van der Waals surface area contributed by atoms with E-state index in [1.807, 2.05) is 18.2 Å². The molecule has 4 heterocycles. The lowest BCUT2D eigenvalue weighted by Crippen LogP contribution is -2.41. The van der Waals surface area contributed by atoms with Gasteiger partial charge in [0.1, 0.15) is 23.3 Å². The first-order valence-corrected chi connectivity index (χ1v) is 12.3. The van der Waals surface area contributed by atoms with Crippen molar-refractivity contribution in [3.05, 3.63) is 53.1 Å². The summed E-state index contributed by atoms with van der Waals surface area (Å²) in [6.07, 6.45) is 0.112. The van der Waals surface area contributed by atoms with Gasteiger partial charge in [-0.3, -0.25) is 4.90 Å². The lowest BCUT2D eigenvalue weighted by Gasteiger charge is -2.30. The van der Waals surface area contributed by atoms with Gasteiger partial charge in [0.05, 0.1) is 10.7 Å². The SMILES string of the molecule is O=C(O)N1CCC(Nc2ncc(C(F)(F)F)c(-c3cn(-c4ccc(CN5CCC5)cc4Cl)cn3)n2)CC1. The molecule has 37 heavy (non-hydrogen) atoms. The molecule has 0 saturated carbocycles. The summed E-state index contributed by atoms with van der Waals surface area (Å²) in [5.74, 6) is 0.0275. The average molecular weight is 536 g/mol. The number of carbonyl (C=O) groups is 1.